The molecule has 0 aliphatic carbocycles. The first-order valence-corrected chi connectivity index (χ1v) is 13.8. The summed E-state index contributed by atoms with van der Waals surface area (Å²) in [6.07, 6.45) is -7.45. The van der Waals surface area contributed by atoms with E-state index in [1.54, 1.807) is 24.3 Å². The number of alkyl halides is 6. The maximum Gasteiger partial charge on any atom is 0.417 e. The molecule has 1 unspecified atom stereocenters. The number of phenols is 1. The van der Waals surface area contributed by atoms with Crippen molar-refractivity contribution >= 4 is 29.9 Å². The Balaban J connectivity index is 0.00000461. The zero-order valence-electron chi connectivity index (χ0n) is 23.6. The molecule has 0 bridgehead atoms. The minimum atomic E-state index is -4.83. The topological polar surface area (TPSA) is 86.2 Å². The number of benzene rings is 2. The first-order chi connectivity index (χ1) is 20.8. The van der Waals surface area contributed by atoms with E-state index in [0.29, 0.717) is 24.8 Å². The molecule has 3 heterocycles. The Morgan fingerprint density at radius 2 is 1.51 bits per heavy atom. The van der Waals surface area contributed by atoms with Crippen molar-refractivity contribution < 1.29 is 45.8 Å². The Morgan fingerprint density at radius 3 is 2.13 bits per heavy atom. The van der Waals surface area contributed by atoms with E-state index < -0.39 is 53.0 Å². The van der Waals surface area contributed by atoms with E-state index in [0.717, 1.165) is 41.6 Å². The quantitative estimate of drug-likeness (QED) is 0.357. The van der Waals surface area contributed by atoms with Gasteiger partial charge in [-0.1, -0.05) is 12.1 Å². The highest BCUT2D eigenvalue weighted by molar-refractivity contribution is 5.96. The van der Waals surface area contributed by atoms with Crippen molar-refractivity contribution in [1.29, 1.82) is 0 Å². The number of amides is 2. The number of rotatable bonds is 5. The number of carbonyl (C=O) groups excluding carboxylic acids is 2. The molecule has 2 amide bonds. The van der Waals surface area contributed by atoms with Crippen LogP contribution in [0.15, 0.2) is 67.0 Å². The molecule has 242 valence electrons. The molecule has 2 aliphatic rings. The van der Waals surface area contributed by atoms with Crippen LogP contribution in [0.4, 0.5) is 32.0 Å². The van der Waals surface area contributed by atoms with Crippen LogP contribution in [0.5, 0.6) is 11.5 Å². The Kier molecular flexibility index (Phi) is 9.76. The lowest BCUT2D eigenvalue weighted by molar-refractivity contribution is -0.153. The number of hydrogen-bond acceptors (Lipinski definition) is 6. The van der Waals surface area contributed by atoms with Crippen LogP contribution in [-0.2, 0) is 17.1 Å². The third-order valence-electron chi connectivity index (χ3n) is 7.77. The van der Waals surface area contributed by atoms with Crippen LogP contribution in [0.3, 0.4) is 0 Å². The molecule has 45 heavy (non-hydrogen) atoms. The van der Waals surface area contributed by atoms with E-state index >= 15 is 0 Å². The number of piperidine rings is 1. The lowest BCUT2D eigenvalue weighted by Gasteiger charge is -2.45. The van der Waals surface area contributed by atoms with Gasteiger partial charge in [0.05, 0.1) is 28.9 Å². The van der Waals surface area contributed by atoms with Crippen molar-refractivity contribution in [3.05, 3.63) is 83.7 Å². The predicted molar refractivity (Wildman–Crippen MR) is 153 cm³/mol. The molecular formula is C30H29ClF6N4O4. The van der Waals surface area contributed by atoms with Gasteiger partial charge < -0.3 is 24.5 Å². The summed E-state index contributed by atoms with van der Waals surface area (Å²) < 4.78 is 86.7. The number of piperazine rings is 1. The van der Waals surface area contributed by atoms with E-state index in [4.69, 9.17) is 4.74 Å². The zero-order valence-corrected chi connectivity index (χ0v) is 24.5. The predicted octanol–water partition coefficient (Wildman–Crippen LogP) is 5.65. The number of ether oxygens (including phenoxy) is 1. The number of para-hydroxylation sites is 2. The van der Waals surface area contributed by atoms with E-state index in [2.05, 4.69) is 4.98 Å². The fraction of sp³-hybridized carbons (Fsp3) is 0.367. The summed E-state index contributed by atoms with van der Waals surface area (Å²) in [5, 5.41) is 10.2. The van der Waals surface area contributed by atoms with E-state index in [1.165, 1.54) is 4.90 Å². The molecule has 2 fully saturated rings. The molecule has 8 nitrogen and oxygen atoms in total. The minimum absolute atomic E-state index is 0. The van der Waals surface area contributed by atoms with Crippen LogP contribution in [0.1, 0.15) is 34.3 Å². The third-order valence-corrected chi connectivity index (χ3v) is 7.77. The average molecular weight is 659 g/mol. The van der Waals surface area contributed by atoms with Gasteiger partial charge in [-0.15, -0.1) is 12.4 Å². The number of pyridine rings is 1. The molecule has 5 rings (SSSR count). The number of halogens is 7. The fourth-order valence-corrected chi connectivity index (χ4v) is 5.59. The molecule has 15 heteroatoms. The van der Waals surface area contributed by atoms with Gasteiger partial charge in [0, 0.05) is 45.1 Å². The third kappa shape index (κ3) is 7.21. The lowest BCUT2D eigenvalue weighted by Crippen LogP contribution is -2.64. The number of aromatic hydroxyl groups is 1. The van der Waals surface area contributed by atoms with Gasteiger partial charge in [-0.2, -0.15) is 26.3 Å². The summed E-state index contributed by atoms with van der Waals surface area (Å²) in [5.74, 6) is -1.54. The molecule has 0 saturated carbocycles. The van der Waals surface area contributed by atoms with Crippen molar-refractivity contribution in [2.75, 3.05) is 44.2 Å². The SMILES string of the molecule is Cl.O=C(c1cnccc1C(F)(F)F)N1CCCC(Oc2ccc(C(F)(F)F)cc2)(C(=O)N2CCN(c3ccccc3O)CC2)C1. The second-order valence-corrected chi connectivity index (χ2v) is 10.6. The maximum absolute atomic E-state index is 14.2. The highest BCUT2D eigenvalue weighted by atomic mass is 35.5. The smallest absolute Gasteiger partial charge is 0.417 e. The van der Waals surface area contributed by atoms with Gasteiger partial charge >= 0.3 is 12.4 Å². The molecular weight excluding hydrogens is 630 g/mol. The molecule has 1 aromatic heterocycles. The molecule has 2 saturated heterocycles. The number of likely N-dealkylation sites (tertiary alicyclic amines) is 1. The summed E-state index contributed by atoms with van der Waals surface area (Å²) in [7, 11) is 0. The number of hydrogen-bond donors (Lipinski definition) is 1. The molecule has 0 spiro atoms. The number of carbonyl (C=O) groups is 2. The summed E-state index contributed by atoms with van der Waals surface area (Å²) >= 11 is 0. The monoisotopic (exact) mass is 658 g/mol. The van der Waals surface area contributed by atoms with Crippen molar-refractivity contribution in [3.8, 4) is 11.5 Å². The number of phenolic OH excluding ortho intramolecular Hbond substituents is 1. The van der Waals surface area contributed by atoms with Crippen molar-refractivity contribution in [2.45, 2.75) is 30.8 Å². The standard InChI is InChI=1S/C30H28F6N4O4.ClH/c31-29(32,33)20-6-8-21(9-7-20)44-28(27(43)39-16-14-38(15-17-39)24-4-1-2-5-25(24)41)11-3-13-40(19-28)26(42)22-18-37-12-10-23(22)30(34,35)36;/h1-2,4-10,12,18,41H,3,11,13-17,19H2;1H. The summed E-state index contributed by atoms with van der Waals surface area (Å²) in [6, 6.07) is 11.2. The molecule has 0 radical (unpaired) electrons. The molecule has 1 N–H and O–H groups in total. The zero-order chi connectivity index (χ0) is 31.7. The average Bonchev–Trinajstić information content (AvgIpc) is 3.00. The highest BCUT2D eigenvalue weighted by Crippen LogP contribution is 2.36. The number of nitrogens with zero attached hydrogens (tertiary/aromatic N) is 4. The summed E-state index contributed by atoms with van der Waals surface area (Å²) in [4.78, 5) is 35.8. The van der Waals surface area contributed by atoms with Gasteiger partial charge in [0.15, 0.2) is 0 Å². The lowest BCUT2D eigenvalue weighted by atomic mass is 9.89. The van der Waals surface area contributed by atoms with Gasteiger partial charge in [-0.3, -0.25) is 14.6 Å². The Labute approximate surface area is 260 Å². The van der Waals surface area contributed by atoms with Gasteiger partial charge in [-0.05, 0) is 55.3 Å². The Hall–Kier alpha value is -4.20. The van der Waals surface area contributed by atoms with Crippen LogP contribution in [0, 0.1) is 0 Å². The van der Waals surface area contributed by atoms with Crippen LogP contribution in [0.2, 0.25) is 0 Å². The van der Waals surface area contributed by atoms with Crippen LogP contribution >= 0.6 is 12.4 Å². The van der Waals surface area contributed by atoms with Gasteiger partial charge in [0.1, 0.15) is 11.5 Å². The Bertz CT molecular complexity index is 1510. The van der Waals surface area contributed by atoms with Gasteiger partial charge in [0.2, 0.25) is 5.60 Å². The second-order valence-electron chi connectivity index (χ2n) is 10.6. The van der Waals surface area contributed by atoms with E-state index in [-0.39, 0.29) is 56.4 Å². The Morgan fingerprint density at radius 1 is 0.844 bits per heavy atom. The van der Waals surface area contributed by atoms with Crippen molar-refractivity contribution in [2.24, 2.45) is 0 Å². The molecule has 2 aromatic carbocycles. The minimum Gasteiger partial charge on any atom is -0.506 e. The summed E-state index contributed by atoms with van der Waals surface area (Å²) in [6.45, 7) is 0.662. The first-order valence-electron chi connectivity index (χ1n) is 13.8. The van der Waals surface area contributed by atoms with Gasteiger partial charge in [0.25, 0.3) is 11.8 Å². The van der Waals surface area contributed by atoms with Crippen molar-refractivity contribution in [1.82, 2.24) is 14.8 Å². The number of anilines is 1. The second kappa shape index (κ2) is 13.0. The van der Waals surface area contributed by atoms with Gasteiger partial charge in [-0.25, -0.2) is 0 Å². The summed E-state index contributed by atoms with van der Waals surface area (Å²) in [5.41, 5.74) is -3.99. The molecule has 1 atom stereocenters. The molecule has 3 aromatic rings. The van der Waals surface area contributed by atoms with E-state index in [1.807, 2.05) is 4.90 Å². The van der Waals surface area contributed by atoms with Crippen LogP contribution in [0.25, 0.3) is 0 Å². The maximum atomic E-state index is 14.2. The highest BCUT2D eigenvalue weighted by Gasteiger charge is 2.49. The fourth-order valence-electron chi connectivity index (χ4n) is 5.59. The van der Waals surface area contributed by atoms with Crippen LogP contribution in [-0.4, -0.2) is 76.6 Å². The number of aromatic nitrogens is 1. The van der Waals surface area contributed by atoms with Crippen molar-refractivity contribution in [3.63, 3.8) is 0 Å². The van der Waals surface area contributed by atoms with Crippen LogP contribution < -0.4 is 9.64 Å². The largest absolute Gasteiger partial charge is 0.506 e. The normalized spacial score (nSPS) is 19.1. The molecule has 2 aliphatic heterocycles. The first kappa shape index (κ1) is 33.7. The van der Waals surface area contributed by atoms with E-state index in [9.17, 15) is 41.0 Å².